The maximum Gasteiger partial charge on any atom is 0.326 e. The number of nitrogens with zero attached hydrogens (tertiary/aromatic N) is 3. The number of amides is 1. The Bertz CT molecular complexity index is 618. The molecule has 1 aliphatic carbocycles. The number of aromatic amines is 1. The van der Waals surface area contributed by atoms with E-state index in [4.69, 9.17) is 0 Å². The molecule has 0 radical (unpaired) electrons. The lowest BCUT2D eigenvalue weighted by atomic mass is 9.76. The zero-order valence-corrected chi connectivity index (χ0v) is 13.8. The Balaban J connectivity index is 1.41. The molecule has 24 heavy (non-hydrogen) atoms. The van der Waals surface area contributed by atoms with Gasteiger partial charge in [-0.25, -0.2) is 9.78 Å². The predicted molar refractivity (Wildman–Crippen MR) is 86.0 cm³/mol. The number of hydrogen-bond acceptors (Lipinski definition) is 4. The Morgan fingerprint density at radius 1 is 1.33 bits per heavy atom. The minimum absolute atomic E-state index is 0.0206. The highest BCUT2D eigenvalue weighted by Gasteiger charge is 2.51. The van der Waals surface area contributed by atoms with E-state index >= 15 is 0 Å². The van der Waals surface area contributed by atoms with E-state index in [0.717, 1.165) is 51.1 Å². The highest BCUT2D eigenvalue weighted by atomic mass is 16.4. The van der Waals surface area contributed by atoms with Gasteiger partial charge in [-0.1, -0.05) is 0 Å². The summed E-state index contributed by atoms with van der Waals surface area (Å²) in [5, 5.41) is 9.56. The first-order chi connectivity index (χ1) is 11.6. The van der Waals surface area contributed by atoms with Gasteiger partial charge in [0.1, 0.15) is 11.9 Å². The number of likely N-dealkylation sites (tertiary alicyclic amines) is 2. The fraction of sp³-hybridized carbons (Fsp3) is 0.706. The Morgan fingerprint density at radius 3 is 2.67 bits per heavy atom. The van der Waals surface area contributed by atoms with Crippen molar-refractivity contribution in [3.63, 3.8) is 0 Å². The third-order valence-corrected chi connectivity index (χ3v) is 5.85. The van der Waals surface area contributed by atoms with Gasteiger partial charge in [0.05, 0.1) is 6.54 Å². The number of nitrogens with one attached hydrogen (secondary N) is 1. The molecule has 1 aromatic heterocycles. The summed E-state index contributed by atoms with van der Waals surface area (Å²) in [4.78, 5) is 35.5. The van der Waals surface area contributed by atoms with Gasteiger partial charge in [0.15, 0.2) is 0 Å². The first-order valence-electron chi connectivity index (χ1n) is 8.80. The Kier molecular flexibility index (Phi) is 3.83. The van der Waals surface area contributed by atoms with E-state index in [0.29, 0.717) is 13.0 Å². The number of carboxylic acid groups (broad SMARTS) is 1. The predicted octanol–water partition coefficient (Wildman–Crippen LogP) is 1.09. The van der Waals surface area contributed by atoms with E-state index in [-0.39, 0.29) is 17.2 Å². The van der Waals surface area contributed by atoms with Gasteiger partial charge >= 0.3 is 5.97 Å². The highest BCUT2D eigenvalue weighted by molar-refractivity contribution is 5.87. The first-order valence-corrected chi connectivity index (χ1v) is 8.80. The maximum atomic E-state index is 12.5. The van der Waals surface area contributed by atoms with Crippen molar-refractivity contribution < 1.29 is 14.7 Å². The molecule has 1 atom stereocenters. The molecule has 2 aliphatic heterocycles. The molecule has 1 aromatic rings. The number of carbonyl (C=O) groups is 2. The number of H-pyrrole nitrogens is 1. The van der Waals surface area contributed by atoms with Crippen molar-refractivity contribution in [2.75, 3.05) is 19.6 Å². The molecular weight excluding hydrogens is 308 g/mol. The molecule has 2 saturated heterocycles. The van der Waals surface area contributed by atoms with Gasteiger partial charge in [-0.05, 0) is 50.6 Å². The van der Waals surface area contributed by atoms with Crippen LogP contribution in [0.5, 0.6) is 0 Å². The van der Waals surface area contributed by atoms with Crippen LogP contribution in [-0.4, -0.2) is 62.4 Å². The number of imidazole rings is 1. The number of aliphatic carboxylic acids is 1. The molecule has 0 bridgehead atoms. The van der Waals surface area contributed by atoms with E-state index in [1.807, 2.05) is 6.20 Å². The Morgan fingerprint density at radius 2 is 2.08 bits per heavy atom. The van der Waals surface area contributed by atoms with Gasteiger partial charge in [-0.2, -0.15) is 0 Å². The van der Waals surface area contributed by atoms with Crippen molar-refractivity contribution in [2.45, 2.75) is 44.7 Å². The van der Waals surface area contributed by atoms with Crippen LogP contribution in [0, 0.1) is 11.3 Å². The topological polar surface area (TPSA) is 89.5 Å². The third-order valence-electron chi connectivity index (χ3n) is 5.85. The smallest absolute Gasteiger partial charge is 0.326 e. The van der Waals surface area contributed by atoms with Gasteiger partial charge in [0, 0.05) is 24.9 Å². The normalized spacial score (nSPS) is 26.8. The second-order valence-electron chi connectivity index (χ2n) is 7.61. The SMILES string of the molecule is O=C(O)[C@@H]1CC2(CCN(Cc3ncc[nH]3)CC2)CN1C(=O)C1CC1. The standard InChI is InChI=1S/C17H24N4O3/c22-15(12-1-2-12)21-11-17(9-13(21)16(23)24)3-7-20(8-4-17)10-14-18-5-6-19-14/h5-6,12-13H,1-4,7-11H2,(H,18,19)(H,23,24)/t13-/m0/s1. The molecular formula is C17H24N4O3. The summed E-state index contributed by atoms with van der Waals surface area (Å²) < 4.78 is 0. The molecule has 0 unspecified atom stereocenters. The molecule has 130 valence electrons. The minimum atomic E-state index is -0.848. The second-order valence-corrected chi connectivity index (χ2v) is 7.61. The van der Waals surface area contributed by atoms with E-state index in [2.05, 4.69) is 14.9 Å². The number of piperidine rings is 1. The number of rotatable bonds is 4. The summed E-state index contributed by atoms with van der Waals surface area (Å²) in [5.41, 5.74) is -0.0206. The van der Waals surface area contributed by atoms with E-state index in [9.17, 15) is 14.7 Å². The summed E-state index contributed by atoms with van der Waals surface area (Å²) in [6.45, 7) is 3.28. The first kappa shape index (κ1) is 15.6. The largest absolute Gasteiger partial charge is 0.480 e. The van der Waals surface area contributed by atoms with Crippen molar-refractivity contribution in [2.24, 2.45) is 11.3 Å². The van der Waals surface area contributed by atoms with Crippen LogP contribution in [0.1, 0.15) is 37.9 Å². The lowest BCUT2D eigenvalue weighted by Gasteiger charge is -2.38. The zero-order valence-electron chi connectivity index (χ0n) is 13.8. The summed E-state index contributed by atoms with van der Waals surface area (Å²) in [6.07, 6.45) is 7.94. The fourth-order valence-corrected chi connectivity index (χ4v) is 4.22. The number of hydrogen-bond donors (Lipinski definition) is 2. The zero-order chi connectivity index (χ0) is 16.7. The fourth-order valence-electron chi connectivity index (χ4n) is 4.22. The second kappa shape index (κ2) is 5.88. The molecule has 3 fully saturated rings. The monoisotopic (exact) mass is 332 g/mol. The van der Waals surface area contributed by atoms with Crippen molar-refractivity contribution in [1.82, 2.24) is 19.8 Å². The number of carboxylic acids is 1. The molecule has 1 spiro atoms. The van der Waals surface area contributed by atoms with Crippen LogP contribution in [-0.2, 0) is 16.1 Å². The molecule has 7 nitrogen and oxygen atoms in total. The van der Waals surface area contributed by atoms with Crippen molar-refractivity contribution >= 4 is 11.9 Å². The van der Waals surface area contributed by atoms with Gasteiger partial charge in [0.2, 0.25) is 5.91 Å². The maximum absolute atomic E-state index is 12.5. The average Bonchev–Trinajstić information content (AvgIpc) is 3.17. The lowest BCUT2D eigenvalue weighted by Crippen LogP contribution is -2.43. The Hall–Kier alpha value is -1.89. The summed E-state index contributed by atoms with van der Waals surface area (Å²) >= 11 is 0. The van der Waals surface area contributed by atoms with Crippen molar-refractivity contribution in [3.05, 3.63) is 18.2 Å². The van der Waals surface area contributed by atoms with Crippen LogP contribution in [0.25, 0.3) is 0 Å². The molecule has 2 N–H and O–H groups in total. The molecule has 0 aromatic carbocycles. The molecule has 3 aliphatic rings. The van der Waals surface area contributed by atoms with Crippen molar-refractivity contribution in [3.8, 4) is 0 Å². The van der Waals surface area contributed by atoms with Crippen LogP contribution in [0.4, 0.5) is 0 Å². The van der Waals surface area contributed by atoms with Crippen LogP contribution in [0.15, 0.2) is 12.4 Å². The van der Waals surface area contributed by atoms with E-state index in [1.54, 1.807) is 11.1 Å². The molecule has 4 rings (SSSR count). The summed E-state index contributed by atoms with van der Waals surface area (Å²) in [6, 6.07) is -0.630. The average molecular weight is 332 g/mol. The van der Waals surface area contributed by atoms with Gasteiger partial charge in [-0.3, -0.25) is 9.69 Å². The van der Waals surface area contributed by atoms with Crippen molar-refractivity contribution in [1.29, 1.82) is 0 Å². The third kappa shape index (κ3) is 2.92. The van der Waals surface area contributed by atoms with E-state index in [1.165, 1.54) is 0 Å². The quantitative estimate of drug-likeness (QED) is 0.861. The molecule has 1 saturated carbocycles. The summed E-state index contributed by atoms with van der Waals surface area (Å²) in [7, 11) is 0. The Labute approximate surface area is 141 Å². The minimum Gasteiger partial charge on any atom is -0.480 e. The van der Waals surface area contributed by atoms with Crippen LogP contribution >= 0.6 is 0 Å². The summed E-state index contributed by atoms with van der Waals surface area (Å²) in [5.74, 6) is 0.267. The highest BCUT2D eigenvalue weighted by Crippen LogP contribution is 2.45. The molecule has 3 heterocycles. The van der Waals surface area contributed by atoms with Gasteiger partial charge < -0.3 is 15.0 Å². The van der Waals surface area contributed by atoms with Crippen LogP contribution < -0.4 is 0 Å². The number of carbonyl (C=O) groups excluding carboxylic acids is 1. The molecule has 7 heteroatoms. The van der Waals surface area contributed by atoms with Gasteiger partial charge in [-0.15, -0.1) is 0 Å². The lowest BCUT2D eigenvalue weighted by molar-refractivity contribution is -0.148. The molecule has 1 amide bonds. The van der Waals surface area contributed by atoms with Crippen LogP contribution in [0.2, 0.25) is 0 Å². The van der Waals surface area contributed by atoms with E-state index < -0.39 is 12.0 Å². The van der Waals surface area contributed by atoms with Crippen LogP contribution in [0.3, 0.4) is 0 Å². The number of aromatic nitrogens is 2. The van der Waals surface area contributed by atoms with Gasteiger partial charge in [0.25, 0.3) is 0 Å².